The summed E-state index contributed by atoms with van der Waals surface area (Å²) in [4.78, 5) is 12.5. The van der Waals surface area contributed by atoms with E-state index >= 15 is 0 Å². The summed E-state index contributed by atoms with van der Waals surface area (Å²) in [7, 11) is 0. The van der Waals surface area contributed by atoms with Gasteiger partial charge in [-0.2, -0.15) is 0 Å². The Labute approximate surface area is 159 Å². The Hall–Kier alpha value is -1.01. The van der Waals surface area contributed by atoms with E-state index in [9.17, 15) is 5.11 Å². The Balaban J connectivity index is 1.56. The number of hydrogen-bond donors (Lipinski definition) is 1. The molecule has 1 aromatic rings. The van der Waals surface area contributed by atoms with E-state index in [1.54, 1.807) is 0 Å². The minimum absolute atomic E-state index is 0.269. The highest BCUT2D eigenvalue weighted by Gasteiger charge is 2.32. The lowest BCUT2D eigenvalue weighted by atomic mass is 9.99. The van der Waals surface area contributed by atoms with Gasteiger partial charge in [-0.15, -0.1) is 0 Å². The lowest BCUT2D eigenvalue weighted by Gasteiger charge is -2.46. The number of piperazine rings is 1. The number of aryl methyl sites for hydroxylation is 1. The van der Waals surface area contributed by atoms with Crippen molar-refractivity contribution in [1.82, 2.24) is 19.7 Å². The molecule has 2 saturated heterocycles. The maximum absolute atomic E-state index is 9.57. The SMILES string of the molecule is CCCN1CCC(N2CCN(Cc3cccc(C)n3)C(CCO)C2)CC1. The molecule has 26 heavy (non-hydrogen) atoms. The van der Waals surface area contributed by atoms with Gasteiger partial charge in [-0.3, -0.25) is 14.8 Å². The Morgan fingerprint density at radius 3 is 2.65 bits per heavy atom. The molecule has 2 aliphatic heterocycles. The van der Waals surface area contributed by atoms with Crippen molar-refractivity contribution in [3.63, 3.8) is 0 Å². The topological polar surface area (TPSA) is 42.8 Å². The number of pyridine rings is 1. The van der Waals surface area contributed by atoms with Gasteiger partial charge in [-0.1, -0.05) is 13.0 Å². The summed E-state index contributed by atoms with van der Waals surface area (Å²) in [6, 6.07) is 7.43. The quantitative estimate of drug-likeness (QED) is 0.807. The van der Waals surface area contributed by atoms with Gasteiger partial charge in [-0.05, 0) is 64.4 Å². The fourth-order valence-electron chi connectivity index (χ4n) is 4.60. The molecule has 0 spiro atoms. The third-order valence-electron chi connectivity index (χ3n) is 6.02. The standard InChI is InChI=1S/C21H36N4O/c1-3-10-23-11-7-20(8-12-23)25-14-13-24(21(17-25)9-15-26)16-19-6-4-5-18(2)22-19/h4-6,20-21,26H,3,7-17H2,1-2H3. The molecule has 1 aromatic heterocycles. The maximum atomic E-state index is 9.57. The van der Waals surface area contributed by atoms with Crippen LogP contribution in [0.15, 0.2) is 18.2 Å². The molecule has 2 fully saturated rings. The van der Waals surface area contributed by atoms with Gasteiger partial charge in [-0.25, -0.2) is 0 Å². The number of aliphatic hydroxyl groups is 1. The predicted octanol–water partition coefficient (Wildman–Crippen LogP) is 2.13. The monoisotopic (exact) mass is 360 g/mol. The number of aromatic nitrogens is 1. The largest absolute Gasteiger partial charge is 0.396 e. The minimum Gasteiger partial charge on any atom is -0.396 e. The second-order valence-electron chi connectivity index (χ2n) is 7.97. The van der Waals surface area contributed by atoms with Crippen LogP contribution in [0.4, 0.5) is 0 Å². The van der Waals surface area contributed by atoms with E-state index in [0.29, 0.717) is 6.04 Å². The molecule has 0 saturated carbocycles. The highest BCUT2D eigenvalue weighted by Crippen LogP contribution is 2.23. The zero-order valence-corrected chi connectivity index (χ0v) is 16.6. The Morgan fingerprint density at radius 2 is 1.96 bits per heavy atom. The van der Waals surface area contributed by atoms with Gasteiger partial charge in [0.2, 0.25) is 0 Å². The fraction of sp³-hybridized carbons (Fsp3) is 0.762. The summed E-state index contributed by atoms with van der Waals surface area (Å²) in [5, 5.41) is 9.57. The van der Waals surface area contributed by atoms with Crippen molar-refractivity contribution in [2.75, 3.05) is 45.9 Å². The van der Waals surface area contributed by atoms with Crippen molar-refractivity contribution >= 4 is 0 Å². The molecular weight excluding hydrogens is 324 g/mol. The minimum atomic E-state index is 0.269. The molecule has 1 unspecified atom stereocenters. The molecule has 0 aliphatic carbocycles. The lowest BCUT2D eigenvalue weighted by molar-refractivity contribution is 0.0126. The molecule has 0 amide bonds. The number of hydrogen-bond acceptors (Lipinski definition) is 5. The third-order valence-corrected chi connectivity index (χ3v) is 6.02. The molecule has 146 valence electrons. The molecule has 2 aliphatic rings. The van der Waals surface area contributed by atoms with Crippen LogP contribution < -0.4 is 0 Å². The van der Waals surface area contributed by atoms with Crippen LogP contribution in [0.3, 0.4) is 0 Å². The van der Waals surface area contributed by atoms with Crippen LogP contribution in [0.1, 0.15) is 44.0 Å². The van der Waals surface area contributed by atoms with Gasteiger partial charge in [0.05, 0.1) is 5.69 Å². The van der Waals surface area contributed by atoms with Gasteiger partial charge in [0.25, 0.3) is 0 Å². The van der Waals surface area contributed by atoms with Crippen molar-refractivity contribution in [2.45, 2.75) is 58.2 Å². The molecule has 5 heteroatoms. The molecule has 5 nitrogen and oxygen atoms in total. The second kappa shape index (κ2) is 9.79. The van der Waals surface area contributed by atoms with Crippen molar-refractivity contribution < 1.29 is 5.11 Å². The number of piperidine rings is 1. The molecule has 3 rings (SSSR count). The van der Waals surface area contributed by atoms with E-state index in [2.05, 4.69) is 51.7 Å². The van der Waals surface area contributed by atoms with E-state index in [4.69, 9.17) is 0 Å². The zero-order valence-electron chi connectivity index (χ0n) is 16.6. The highest BCUT2D eigenvalue weighted by atomic mass is 16.3. The number of rotatable bonds is 7. The molecule has 0 radical (unpaired) electrons. The Kier molecular flexibility index (Phi) is 7.43. The summed E-state index contributed by atoms with van der Waals surface area (Å²) in [5.74, 6) is 0. The summed E-state index contributed by atoms with van der Waals surface area (Å²) >= 11 is 0. The van der Waals surface area contributed by atoms with Crippen molar-refractivity contribution in [3.8, 4) is 0 Å². The van der Waals surface area contributed by atoms with E-state index in [1.807, 2.05) is 0 Å². The first-order valence-corrected chi connectivity index (χ1v) is 10.4. The molecule has 1 N–H and O–H groups in total. The average molecular weight is 361 g/mol. The maximum Gasteiger partial charge on any atom is 0.0547 e. The number of aliphatic hydroxyl groups excluding tert-OH is 1. The van der Waals surface area contributed by atoms with Crippen LogP contribution in [0.5, 0.6) is 0 Å². The van der Waals surface area contributed by atoms with E-state index in [0.717, 1.165) is 50.0 Å². The van der Waals surface area contributed by atoms with Crippen LogP contribution >= 0.6 is 0 Å². The first kappa shape index (κ1) is 19.7. The fourth-order valence-corrected chi connectivity index (χ4v) is 4.60. The van der Waals surface area contributed by atoms with E-state index in [-0.39, 0.29) is 6.61 Å². The summed E-state index contributed by atoms with van der Waals surface area (Å²) in [6.45, 7) is 12.5. The predicted molar refractivity (Wildman–Crippen MR) is 106 cm³/mol. The summed E-state index contributed by atoms with van der Waals surface area (Å²) < 4.78 is 0. The highest BCUT2D eigenvalue weighted by molar-refractivity contribution is 5.10. The van der Waals surface area contributed by atoms with Gasteiger partial charge < -0.3 is 10.0 Å². The molecule has 1 atom stereocenters. The molecule has 0 aromatic carbocycles. The second-order valence-corrected chi connectivity index (χ2v) is 7.97. The third kappa shape index (κ3) is 5.26. The van der Waals surface area contributed by atoms with Crippen LogP contribution in [-0.4, -0.2) is 82.7 Å². The van der Waals surface area contributed by atoms with Crippen LogP contribution in [0, 0.1) is 6.92 Å². The lowest BCUT2D eigenvalue weighted by Crippen LogP contribution is -2.57. The van der Waals surface area contributed by atoms with E-state index in [1.165, 1.54) is 38.9 Å². The Morgan fingerprint density at radius 1 is 1.15 bits per heavy atom. The first-order chi connectivity index (χ1) is 12.7. The summed E-state index contributed by atoms with van der Waals surface area (Å²) in [5.41, 5.74) is 2.23. The number of likely N-dealkylation sites (tertiary alicyclic amines) is 1. The average Bonchev–Trinajstić information content (AvgIpc) is 2.64. The smallest absolute Gasteiger partial charge is 0.0547 e. The van der Waals surface area contributed by atoms with Crippen LogP contribution in [0.2, 0.25) is 0 Å². The molecular formula is C21H36N4O. The van der Waals surface area contributed by atoms with Crippen molar-refractivity contribution in [2.24, 2.45) is 0 Å². The molecule has 0 bridgehead atoms. The van der Waals surface area contributed by atoms with Gasteiger partial charge in [0.15, 0.2) is 0 Å². The van der Waals surface area contributed by atoms with Crippen LogP contribution in [-0.2, 0) is 6.54 Å². The van der Waals surface area contributed by atoms with Gasteiger partial charge in [0, 0.05) is 50.6 Å². The summed E-state index contributed by atoms with van der Waals surface area (Å²) in [6.07, 6.45) is 4.71. The number of nitrogens with zero attached hydrogens (tertiary/aromatic N) is 4. The van der Waals surface area contributed by atoms with Gasteiger partial charge in [0.1, 0.15) is 0 Å². The first-order valence-electron chi connectivity index (χ1n) is 10.4. The van der Waals surface area contributed by atoms with Crippen molar-refractivity contribution in [1.29, 1.82) is 0 Å². The molecule has 3 heterocycles. The normalized spacial score (nSPS) is 24.2. The Bertz CT molecular complexity index is 545. The van der Waals surface area contributed by atoms with Crippen molar-refractivity contribution in [3.05, 3.63) is 29.6 Å². The zero-order chi connectivity index (χ0) is 18.4. The van der Waals surface area contributed by atoms with E-state index < -0.39 is 0 Å². The van der Waals surface area contributed by atoms with Gasteiger partial charge >= 0.3 is 0 Å². The van der Waals surface area contributed by atoms with Crippen LogP contribution in [0.25, 0.3) is 0 Å².